The number of benzene rings is 4. The SMILES string of the molecule is COc1ccc(S(=O)(=O)N(Cc2ccccc2)c2ccccc2C(=O)NCc2ccc(Cl)cc2)cc1. The Balaban J connectivity index is 1.71. The molecule has 0 spiro atoms. The number of rotatable bonds is 9. The molecule has 4 aromatic carbocycles. The maximum Gasteiger partial charge on any atom is 0.264 e. The zero-order valence-electron chi connectivity index (χ0n) is 19.6. The van der Waals surface area contributed by atoms with Crippen molar-refractivity contribution in [1.29, 1.82) is 0 Å². The van der Waals surface area contributed by atoms with E-state index in [2.05, 4.69) is 5.32 Å². The quantitative estimate of drug-likeness (QED) is 0.308. The number of sulfonamides is 1. The highest BCUT2D eigenvalue weighted by Gasteiger charge is 2.28. The van der Waals surface area contributed by atoms with Crippen LogP contribution in [0.3, 0.4) is 0 Å². The fourth-order valence-electron chi connectivity index (χ4n) is 3.69. The molecular formula is C28H25ClN2O4S. The lowest BCUT2D eigenvalue weighted by Gasteiger charge is -2.26. The van der Waals surface area contributed by atoms with E-state index in [0.717, 1.165) is 11.1 Å². The van der Waals surface area contributed by atoms with Crippen LogP contribution in [-0.4, -0.2) is 21.4 Å². The Bertz CT molecular complexity index is 1420. The van der Waals surface area contributed by atoms with Gasteiger partial charge < -0.3 is 10.1 Å². The number of para-hydroxylation sites is 1. The standard InChI is InChI=1S/C28H25ClN2O4S/c1-35-24-15-17-25(18-16-24)36(33,34)31(20-22-7-3-2-4-8-22)27-10-6-5-9-26(27)28(32)30-19-21-11-13-23(29)14-12-21/h2-18H,19-20H2,1H3,(H,30,32). The van der Waals surface area contributed by atoms with E-state index in [4.69, 9.17) is 16.3 Å². The number of carbonyl (C=O) groups is 1. The topological polar surface area (TPSA) is 75.7 Å². The average Bonchev–Trinajstić information content (AvgIpc) is 2.92. The van der Waals surface area contributed by atoms with Crippen molar-refractivity contribution in [3.8, 4) is 5.75 Å². The van der Waals surface area contributed by atoms with Gasteiger partial charge in [0, 0.05) is 11.6 Å². The number of halogens is 1. The van der Waals surface area contributed by atoms with E-state index >= 15 is 0 Å². The monoisotopic (exact) mass is 520 g/mol. The van der Waals surface area contributed by atoms with Crippen molar-refractivity contribution in [1.82, 2.24) is 5.32 Å². The van der Waals surface area contributed by atoms with Crippen molar-refractivity contribution >= 4 is 33.2 Å². The number of nitrogens with one attached hydrogen (secondary N) is 1. The van der Waals surface area contributed by atoms with Crippen LogP contribution in [0.1, 0.15) is 21.5 Å². The minimum atomic E-state index is -4.02. The number of carbonyl (C=O) groups excluding carboxylic acids is 1. The summed E-state index contributed by atoms with van der Waals surface area (Å²) in [7, 11) is -2.50. The number of anilines is 1. The smallest absolute Gasteiger partial charge is 0.264 e. The van der Waals surface area contributed by atoms with Gasteiger partial charge in [-0.05, 0) is 59.7 Å². The normalized spacial score (nSPS) is 11.1. The van der Waals surface area contributed by atoms with Crippen LogP contribution in [0.4, 0.5) is 5.69 Å². The Morgan fingerprint density at radius 1 is 0.833 bits per heavy atom. The lowest BCUT2D eigenvalue weighted by atomic mass is 10.1. The van der Waals surface area contributed by atoms with Crippen molar-refractivity contribution in [2.75, 3.05) is 11.4 Å². The zero-order chi connectivity index (χ0) is 25.5. The van der Waals surface area contributed by atoms with Crippen molar-refractivity contribution in [3.05, 3.63) is 125 Å². The van der Waals surface area contributed by atoms with Crippen molar-refractivity contribution in [2.45, 2.75) is 18.0 Å². The van der Waals surface area contributed by atoms with Crippen LogP contribution in [0.25, 0.3) is 0 Å². The van der Waals surface area contributed by atoms with E-state index < -0.39 is 10.0 Å². The molecular weight excluding hydrogens is 496 g/mol. The molecule has 6 nitrogen and oxygen atoms in total. The molecule has 0 aromatic heterocycles. The molecule has 0 aliphatic rings. The fraction of sp³-hybridized carbons (Fsp3) is 0.107. The van der Waals surface area contributed by atoms with Gasteiger partial charge in [0.25, 0.3) is 15.9 Å². The molecule has 4 rings (SSSR count). The molecule has 0 unspecified atom stereocenters. The molecule has 0 fully saturated rings. The number of methoxy groups -OCH3 is 1. The highest BCUT2D eigenvalue weighted by Crippen LogP contribution is 2.30. The molecule has 0 aliphatic carbocycles. The Morgan fingerprint density at radius 2 is 1.47 bits per heavy atom. The van der Waals surface area contributed by atoms with Crippen molar-refractivity contribution in [3.63, 3.8) is 0 Å². The van der Waals surface area contributed by atoms with Crippen molar-refractivity contribution in [2.24, 2.45) is 0 Å². The predicted octanol–water partition coefficient (Wildman–Crippen LogP) is 5.67. The fourth-order valence-corrected chi connectivity index (χ4v) is 5.28. The number of nitrogens with zero attached hydrogens (tertiary/aromatic N) is 1. The molecule has 0 bridgehead atoms. The van der Waals surface area contributed by atoms with E-state index in [9.17, 15) is 13.2 Å². The van der Waals surface area contributed by atoms with E-state index in [0.29, 0.717) is 10.8 Å². The summed E-state index contributed by atoms with van der Waals surface area (Å²) in [5.74, 6) is 0.161. The zero-order valence-corrected chi connectivity index (χ0v) is 21.2. The highest BCUT2D eigenvalue weighted by atomic mass is 35.5. The van der Waals surface area contributed by atoms with Crippen LogP contribution >= 0.6 is 11.6 Å². The van der Waals surface area contributed by atoms with Gasteiger partial charge in [0.2, 0.25) is 0 Å². The Kier molecular flexibility index (Phi) is 7.93. The molecule has 1 N–H and O–H groups in total. The molecule has 0 radical (unpaired) electrons. The number of hydrogen-bond donors (Lipinski definition) is 1. The lowest BCUT2D eigenvalue weighted by molar-refractivity contribution is 0.0951. The van der Waals surface area contributed by atoms with Crippen LogP contribution < -0.4 is 14.4 Å². The minimum Gasteiger partial charge on any atom is -0.497 e. The number of ether oxygens (including phenoxy) is 1. The molecule has 8 heteroatoms. The van der Waals surface area contributed by atoms with E-state index in [1.165, 1.54) is 23.5 Å². The van der Waals surface area contributed by atoms with Gasteiger partial charge in [-0.3, -0.25) is 9.10 Å². The van der Waals surface area contributed by atoms with Gasteiger partial charge in [-0.15, -0.1) is 0 Å². The third-order valence-corrected chi connectivity index (χ3v) is 7.63. The molecule has 0 atom stereocenters. The maximum atomic E-state index is 13.9. The maximum absolute atomic E-state index is 13.9. The van der Waals surface area contributed by atoms with Gasteiger partial charge in [-0.25, -0.2) is 8.42 Å². The largest absolute Gasteiger partial charge is 0.497 e. The number of amides is 1. The molecule has 0 saturated heterocycles. The first-order chi connectivity index (χ1) is 17.4. The summed E-state index contributed by atoms with van der Waals surface area (Å²) >= 11 is 5.95. The molecule has 0 aliphatic heterocycles. The summed E-state index contributed by atoms with van der Waals surface area (Å²) in [5, 5.41) is 3.49. The summed E-state index contributed by atoms with van der Waals surface area (Å²) < 4.78 is 34.2. The first kappa shape index (κ1) is 25.3. The summed E-state index contributed by atoms with van der Waals surface area (Å²) in [6.45, 7) is 0.324. The van der Waals surface area contributed by atoms with Crippen LogP contribution in [0, 0.1) is 0 Å². The summed E-state index contributed by atoms with van der Waals surface area (Å²) in [6.07, 6.45) is 0. The third-order valence-electron chi connectivity index (χ3n) is 5.60. The molecule has 184 valence electrons. The predicted molar refractivity (Wildman–Crippen MR) is 142 cm³/mol. The summed E-state index contributed by atoms with van der Waals surface area (Å²) in [5.41, 5.74) is 2.19. The van der Waals surface area contributed by atoms with Crippen LogP contribution in [0.15, 0.2) is 108 Å². The van der Waals surface area contributed by atoms with Gasteiger partial charge in [-0.2, -0.15) is 0 Å². The van der Waals surface area contributed by atoms with E-state index in [1.807, 2.05) is 42.5 Å². The Morgan fingerprint density at radius 3 is 2.14 bits per heavy atom. The van der Waals surface area contributed by atoms with Crippen molar-refractivity contribution < 1.29 is 17.9 Å². The van der Waals surface area contributed by atoms with Gasteiger partial charge >= 0.3 is 0 Å². The molecule has 1 amide bonds. The summed E-state index contributed by atoms with van der Waals surface area (Å²) in [6, 6.07) is 29.3. The first-order valence-corrected chi connectivity index (χ1v) is 13.0. The first-order valence-electron chi connectivity index (χ1n) is 11.2. The third kappa shape index (κ3) is 5.87. The molecule has 4 aromatic rings. The van der Waals surface area contributed by atoms with Gasteiger partial charge in [-0.1, -0.05) is 66.2 Å². The van der Waals surface area contributed by atoms with Crippen LogP contribution in [-0.2, 0) is 23.1 Å². The Labute approximate surface area is 216 Å². The van der Waals surface area contributed by atoms with Gasteiger partial charge in [0.15, 0.2) is 0 Å². The minimum absolute atomic E-state index is 0.0523. The van der Waals surface area contributed by atoms with E-state index in [-0.39, 0.29) is 35.1 Å². The molecule has 0 saturated carbocycles. The van der Waals surface area contributed by atoms with E-state index in [1.54, 1.807) is 48.5 Å². The second-order valence-corrected chi connectivity index (χ2v) is 10.3. The Hall–Kier alpha value is -3.81. The van der Waals surface area contributed by atoms with Gasteiger partial charge in [0.1, 0.15) is 5.75 Å². The second-order valence-electron chi connectivity index (χ2n) is 8.00. The highest BCUT2D eigenvalue weighted by molar-refractivity contribution is 7.92. The van der Waals surface area contributed by atoms with Crippen LogP contribution in [0.5, 0.6) is 5.75 Å². The van der Waals surface area contributed by atoms with Crippen LogP contribution in [0.2, 0.25) is 5.02 Å². The average molecular weight is 521 g/mol. The number of hydrogen-bond acceptors (Lipinski definition) is 4. The molecule has 36 heavy (non-hydrogen) atoms. The van der Waals surface area contributed by atoms with Gasteiger partial charge in [0.05, 0.1) is 29.8 Å². The summed E-state index contributed by atoms with van der Waals surface area (Å²) in [4.78, 5) is 13.3. The lowest BCUT2D eigenvalue weighted by Crippen LogP contribution is -2.33. The second kappa shape index (κ2) is 11.3. The molecule has 0 heterocycles.